The molecule has 0 bridgehead atoms. The number of anilines is 2. The molecule has 29 heavy (non-hydrogen) atoms. The van der Waals surface area contributed by atoms with Crippen LogP contribution in [-0.4, -0.2) is 14.3 Å². The molecule has 0 atom stereocenters. The summed E-state index contributed by atoms with van der Waals surface area (Å²) in [6.45, 7) is 1.47. The van der Waals surface area contributed by atoms with Crippen LogP contribution in [-0.2, 0) is 21.4 Å². The lowest BCUT2D eigenvalue weighted by molar-refractivity contribution is -0.114. The summed E-state index contributed by atoms with van der Waals surface area (Å²) in [6, 6.07) is 19.7. The normalized spacial score (nSPS) is 11.1. The molecular weight excluding hydrogens is 431 g/mol. The lowest BCUT2D eigenvalue weighted by Gasteiger charge is -2.25. The zero-order valence-electron chi connectivity index (χ0n) is 15.5. The fraction of sp³-hybridized carbons (Fsp3) is 0.0952. The van der Waals surface area contributed by atoms with E-state index in [1.54, 1.807) is 60.7 Å². The third kappa shape index (κ3) is 5.29. The van der Waals surface area contributed by atoms with E-state index in [-0.39, 0.29) is 17.3 Å². The molecule has 0 fully saturated rings. The minimum atomic E-state index is -3.91. The van der Waals surface area contributed by atoms with Crippen molar-refractivity contribution in [3.05, 3.63) is 88.4 Å². The van der Waals surface area contributed by atoms with Gasteiger partial charge in [-0.2, -0.15) is 0 Å². The van der Waals surface area contributed by atoms with Gasteiger partial charge in [0.15, 0.2) is 0 Å². The van der Waals surface area contributed by atoms with Crippen LogP contribution < -0.4 is 9.62 Å². The highest BCUT2D eigenvalue weighted by Crippen LogP contribution is 2.29. The second-order valence-electron chi connectivity index (χ2n) is 6.33. The quantitative estimate of drug-likeness (QED) is 0.552. The van der Waals surface area contributed by atoms with Crippen LogP contribution in [0.2, 0.25) is 10.0 Å². The molecule has 3 aromatic carbocycles. The van der Waals surface area contributed by atoms with Crippen LogP contribution in [0.5, 0.6) is 0 Å². The number of carbonyl (C=O) groups is 1. The van der Waals surface area contributed by atoms with Crippen LogP contribution in [0.15, 0.2) is 77.7 Å². The van der Waals surface area contributed by atoms with Crippen LogP contribution in [0.3, 0.4) is 0 Å². The number of amides is 1. The number of carbonyl (C=O) groups excluding carboxylic acids is 1. The fourth-order valence-corrected chi connectivity index (χ4v) is 4.63. The van der Waals surface area contributed by atoms with Gasteiger partial charge in [-0.05, 0) is 60.2 Å². The van der Waals surface area contributed by atoms with Gasteiger partial charge in [0.05, 0.1) is 17.1 Å². The summed E-state index contributed by atoms with van der Waals surface area (Å²) in [6.07, 6.45) is 0. The molecule has 0 saturated heterocycles. The van der Waals surface area contributed by atoms with E-state index in [9.17, 15) is 13.2 Å². The number of halogens is 2. The van der Waals surface area contributed by atoms with Gasteiger partial charge in [-0.1, -0.05) is 41.4 Å². The van der Waals surface area contributed by atoms with Gasteiger partial charge in [-0.25, -0.2) is 8.42 Å². The second kappa shape index (κ2) is 8.86. The van der Waals surface area contributed by atoms with Gasteiger partial charge in [0.1, 0.15) is 0 Å². The van der Waals surface area contributed by atoms with Gasteiger partial charge < -0.3 is 5.32 Å². The summed E-state index contributed by atoms with van der Waals surface area (Å²) >= 11 is 12.2. The van der Waals surface area contributed by atoms with Crippen LogP contribution in [0, 0.1) is 0 Å². The van der Waals surface area contributed by atoms with Crippen molar-refractivity contribution in [1.82, 2.24) is 0 Å². The summed E-state index contributed by atoms with van der Waals surface area (Å²) < 4.78 is 28.1. The molecule has 3 rings (SSSR count). The zero-order valence-corrected chi connectivity index (χ0v) is 17.8. The maximum atomic E-state index is 13.4. The molecule has 1 amide bonds. The van der Waals surface area contributed by atoms with E-state index in [0.29, 0.717) is 21.4 Å². The Balaban J connectivity index is 2.03. The lowest BCUT2D eigenvalue weighted by atomic mass is 10.2. The van der Waals surface area contributed by atoms with Crippen LogP contribution in [0.25, 0.3) is 0 Å². The summed E-state index contributed by atoms with van der Waals surface area (Å²) in [5.41, 5.74) is 1.68. The Hall–Kier alpha value is -2.54. The molecule has 0 aliphatic heterocycles. The highest BCUT2D eigenvalue weighted by atomic mass is 35.5. The number of benzene rings is 3. The van der Waals surface area contributed by atoms with E-state index >= 15 is 0 Å². The minimum absolute atomic E-state index is 0.0800. The first-order valence-electron chi connectivity index (χ1n) is 8.66. The van der Waals surface area contributed by atoms with Crippen LogP contribution in [0.1, 0.15) is 12.5 Å². The number of nitrogens with one attached hydrogen (secondary N) is 1. The Kier molecular flexibility index (Phi) is 6.47. The van der Waals surface area contributed by atoms with Gasteiger partial charge in [-0.15, -0.1) is 0 Å². The minimum Gasteiger partial charge on any atom is -0.326 e. The van der Waals surface area contributed by atoms with E-state index in [0.717, 1.165) is 5.56 Å². The van der Waals surface area contributed by atoms with Gasteiger partial charge >= 0.3 is 0 Å². The number of hydrogen-bond donors (Lipinski definition) is 1. The monoisotopic (exact) mass is 448 g/mol. The zero-order chi connectivity index (χ0) is 21.0. The highest BCUT2D eigenvalue weighted by Gasteiger charge is 2.25. The molecule has 0 unspecified atom stereocenters. The third-order valence-electron chi connectivity index (χ3n) is 4.07. The molecule has 0 aliphatic rings. The van der Waals surface area contributed by atoms with Gasteiger partial charge in [0, 0.05) is 22.7 Å². The SMILES string of the molecule is CC(=O)Nc1ccc(S(=O)(=O)N(Cc2cccc(Cl)c2)c2cccc(Cl)c2)cc1. The Morgan fingerprint density at radius 2 is 1.55 bits per heavy atom. The van der Waals surface area contributed by atoms with E-state index in [4.69, 9.17) is 23.2 Å². The van der Waals surface area contributed by atoms with Crippen molar-refractivity contribution in [1.29, 1.82) is 0 Å². The molecule has 0 saturated carbocycles. The Morgan fingerprint density at radius 3 is 2.14 bits per heavy atom. The summed E-state index contributed by atoms with van der Waals surface area (Å²) in [7, 11) is -3.91. The van der Waals surface area contributed by atoms with E-state index in [2.05, 4.69) is 5.32 Å². The van der Waals surface area contributed by atoms with Crippen molar-refractivity contribution < 1.29 is 13.2 Å². The Labute approximate surface area is 179 Å². The smallest absolute Gasteiger partial charge is 0.264 e. The summed E-state index contributed by atoms with van der Waals surface area (Å²) in [5.74, 6) is -0.234. The average molecular weight is 449 g/mol. The summed E-state index contributed by atoms with van der Waals surface area (Å²) in [4.78, 5) is 11.3. The Morgan fingerprint density at radius 1 is 0.931 bits per heavy atom. The largest absolute Gasteiger partial charge is 0.326 e. The van der Waals surface area contributed by atoms with Crippen molar-refractivity contribution in [2.24, 2.45) is 0 Å². The first kappa shape index (κ1) is 21.2. The maximum Gasteiger partial charge on any atom is 0.264 e. The van der Waals surface area contributed by atoms with Crippen molar-refractivity contribution in [2.75, 3.05) is 9.62 Å². The molecule has 0 spiro atoms. The third-order valence-corrected chi connectivity index (χ3v) is 6.33. The van der Waals surface area contributed by atoms with Gasteiger partial charge in [-0.3, -0.25) is 9.10 Å². The van der Waals surface area contributed by atoms with Crippen molar-refractivity contribution in [3.8, 4) is 0 Å². The number of sulfonamides is 1. The molecule has 1 N–H and O–H groups in total. The number of nitrogens with zero attached hydrogens (tertiary/aromatic N) is 1. The van der Waals surface area contributed by atoms with E-state index < -0.39 is 10.0 Å². The molecule has 3 aromatic rings. The van der Waals surface area contributed by atoms with Crippen molar-refractivity contribution in [3.63, 3.8) is 0 Å². The lowest BCUT2D eigenvalue weighted by Crippen LogP contribution is -2.30. The van der Waals surface area contributed by atoms with Crippen LogP contribution in [0.4, 0.5) is 11.4 Å². The number of hydrogen-bond acceptors (Lipinski definition) is 3. The maximum absolute atomic E-state index is 13.4. The molecule has 0 heterocycles. The molecular formula is C21H18Cl2N2O3S. The predicted octanol–water partition coefficient (Wildman–Crippen LogP) is 5.35. The van der Waals surface area contributed by atoms with Crippen molar-refractivity contribution in [2.45, 2.75) is 18.4 Å². The Bertz CT molecular complexity index is 1130. The van der Waals surface area contributed by atoms with E-state index in [1.165, 1.54) is 23.4 Å². The molecule has 150 valence electrons. The van der Waals surface area contributed by atoms with Gasteiger partial charge in [0.25, 0.3) is 10.0 Å². The standard InChI is InChI=1S/C21H18Cl2N2O3S/c1-15(26)24-19-8-10-21(11-9-19)29(27,28)25(20-7-3-6-18(23)13-20)14-16-4-2-5-17(22)12-16/h2-13H,14H2,1H3,(H,24,26). The fourth-order valence-electron chi connectivity index (χ4n) is 2.79. The molecule has 8 heteroatoms. The predicted molar refractivity (Wildman–Crippen MR) is 117 cm³/mol. The topological polar surface area (TPSA) is 66.5 Å². The summed E-state index contributed by atoms with van der Waals surface area (Å²) in [5, 5.41) is 3.56. The van der Waals surface area contributed by atoms with Crippen LogP contribution >= 0.6 is 23.2 Å². The second-order valence-corrected chi connectivity index (χ2v) is 9.06. The average Bonchev–Trinajstić information content (AvgIpc) is 2.66. The highest BCUT2D eigenvalue weighted by molar-refractivity contribution is 7.92. The molecule has 0 radical (unpaired) electrons. The first-order chi connectivity index (χ1) is 13.8. The molecule has 0 aromatic heterocycles. The van der Waals surface area contributed by atoms with Crippen molar-refractivity contribution >= 4 is 50.5 Å². The first-order valence-corrected chi connectivity index (χ1v) is 10.9. The van der Waals surface area contributed by atoms with Gasteiger partial charge in [0.2, 0.25) is 5.91 Å². The molecule has 0 aliphatic carbocycles. The molecule has 5 nitrogen and oxygen atoms in total. The number of rotatable bonds is 6. The van der Waals surface area contributed by atoms with E-state index in [1.807, 2.05) is 0 Å².